The minimum absolute atomic E-state index is 0.0336. The molecular formula is C20H18N2O5S2. The number of phenolic OH excluding ortho intramolecular Hbond substituents is 1. The van der Waals surface area contributed by atoms with E-state index in [-0.39, 0.29) is 18.2 Å². The summed E-state index contributed by atoms with van der Waals surface area (Å²) in [4.78, 5) is 26.6. The van der Waals surface area contributed by atoms with Gasteiger partial charge in [0.15, 0.2) is 11.5 Å². The number of benzene rings is 2. The average Bonchev–Trinajstić information content (AvgIpc) is 2.95. The topological polar surface area (TPSA) is 88.1 Å². The van der Waals surface area contributed by atoms with Crippen molar-refractivity contribution in [3.8, 4) is 17.2 Å². The fourth-order valence-corrected chi connectivity index (χ4v) is 3.91. The van der Waals surface area contributed by atoms with E-state index in [0.29, 0.717) is 26.4 Å². The van der Waals surface area contributed by atoms with E-state index in [1.54, 1.807) is 43.5 Å². The minimum atomic E-state index is -0.417. The second-order valence-corrected chi connectivity index (χ2v) is 7.66. The predicted molar refractivity (Wildman–Crippen MR) is 116 cm³/mol. The maximum atomic E-state index is 12.7. The molecule has 150 valence electrons. The molecule has 0 aliphatic carbocycles. The van der Waals surface area contributed by atoms with Crippen LogP contribution in [0.15, 0.2) is 47.4 Å². The van der Waals surface area contributed by atoms with E-state index in [1.807, 2.05) is 0 Å². The SMILES string of the molecule is COc1ccc(/C=C2\SC(=S)N(CC(=O)Nc3cccc(O)c3)C2=O)cc1OC. The number of nitrogens with one attached hydrogen (secondary N) is 1. The van der Waals surface area contributed by atoms with Gasteiger partial charge in [-0.15, -0.1) is 0 Å². The number of thioether (sulfide) groups is 1. The zero-order valence-electron chi connectivity index (χ0n) is 15.7. The van der Waals surface area contributed by atoms with Gasteiger partial charge in [-0.1, -0.05) is 36.1 Å². The highest BCUT2D eigenvalue weighted by Crippen LogP contribution is 2.34. The van der Waals surface area contributed by atoms with Gasteiger partial charge in [0, 0.05) is 11.8 Å². The highest BCUT2D eigenvalue weighted by Gasteiger charge is 2.33. The lowest BCUT2D eigenvalue weighted by Gasteiger charge is -2.14. The molecule has 29 heavy (non-hydrogen) atoms. The molecule has 0 aromatic heterocycles. The number of thiocarbonyl (C=S) groups is 1. The first-order valence-electron chi connectivity index (χ1n) is 8.47. The van der Waals surface area contributed by atoms with Crippen molar-refractivity contribution in [1.29, 1.82) is 0 Å². The van der Waals surface area contributed by atoms with E-state index in [1.165, 1.54) is 24.1 Å². The second-order valence-electron chi connectivity index (χ2n) is 5.98. The van der Waals surface area contributed by atoms with Gasteiger partial charge in [0.05, 0.1) is 19.1 Å². The Morgan fingerprint density at radius 2 is 1.97 bits per heavy atom. The van der Waals surface area contributed by atoms with Crippen LogP contribution in [-0.2, 0) is 9.59 Å². The molecule has 2 aromatic rings. The first-order chi connectivity index (χ1) is 13.9. The third-order valence-corrected chi connectivity index (χ3v) is 5.39. The lowest BCUT2D eigenvalue weighted by molar-refractivity contribution is -0.126. The quantitative estimate of drug-likeness (QED) is 0.537. The summed E-state index contributed by atoms with van der Waals surface area (Å²) in [5, 5.41) is 12.1. The monoisotopic (exact) mass is 430 g/mol. The van der Waals surface area contributed by atoms with Gasteiger partial charge < -0.3 is 19.9 Å². The Hall–Kier alpha value is -3.04. The lowest BCUT2D eigenvalue weighted by Crippen LogP contribution is -2.36. The van der Waals surface area contributed by atoms with Crippen molar-refractivity contribution in [2.24, 2.45) is 0 Å². The van der Waals surface area contributed by atoms with E-state index in [4.69, 9.17) is 21.7 Å². The standard InChI is InChI=1S/C20H18N2O5S2/c1-26-15-7-6-12(8-16(15)27-2)9-17-19(25)22(20(28)29-17)11-18(24)21-13-4-3-5-14(23)10-13/h3-10,23H,11H2,1-2H3,(H,21,24)/b17-9-. The molecule has 2 N–H and O–H groups in total. The molecule has 2 amide bonds. The number of anilines is 1. The van der Waals surface area contributed by atoms with Crippen molar-refractivity contribution in [3.63, 3.8) is 0 Å². The zero-order chi connectivity index (χ0) is 21.0. The Bertz CT molecular complexity index is 1010. The Morgan fingerprint density at radius 3 is 2.66 bits per heavy atom. The highest BCUT2D eigenvalue weighted by molar-refractivity contribution is 8.26. The molecule has 3 rings (SSSR count). The van der Waals surface area contributed by atoms with Crippen LogP contribution in [0.25, 0.3) is 6.08 Å². The molecule has 0 bridgehead atoms. The summed E-state index contributed by atoms with van der Waals surface area (Å²) >= 11 is 6.39. The summed E-state index contributed by atoms with van der Waals surface area (Å²) in [7, 11) is 3.08. The maximum absolute atomic E-state index is 12.7. The summed E-state index contributed by atoms with van der Waals surface area (Å²) in [6, 6.07) is 11.4. The van der Waals surface area contributed by atoms with Crippen LogP contribution < -0.4 is 14.8 Å². The van der Waals surface area contributed by atoms with Gasteiger partial charge in [0.2, 0.25) is 5.91 Å². The highest BCUT2D eigenvalue weighted by atomic mass is 32.2. The summed E-state index contributed by atoms with van der Waals surface area (Å²) in [5.41, 5.74) is 1.17. The van der Waals surface area contributed by atoms with Crippen LogP contribution in [0.2, 0.25) is 0 Å². The van der Waals surface area contributed by atoms with Gasteiger partial charge in [-0.05, 0) is 35.9 Å². The van der Waals surface area contributed by atoms with Gasteiger partial charge in [-0.2, -0.15) is 0 Å². The number of aromatic hydroxyl groups is 1. The number of hydrogen-bond acceptors (Lipinski definition) is 7. The number of methoxy groups -OCH3 is 2. The second kappa shape index (κ2) is 8.97. The fourth-order valence-electron chi connectivity index (χ4n) is 2.66. The van der Waals surface area contributed by atoms with Crippen LogP contribution in [0.4, 0.5) is 5.69 Å². The minimum Gasteiger partial charge on any atom is -0.508 e. The van der Waals surface area contributed by atoms with Gasteiger partial charge >= 0.3 is 0 Å². The summed E-state index contributed by atoms with van der Waals surface area (Å²) in [6.45, 7) is -0.219. The molecule has 1 aliphatic rings. The van der Waals surface area contributed by atoms with Crippen LogP contribution in [0.3, 0.4) is 0 Å². The molecule has 7 nitrogen and oxygen atoms in total. The Morgan fingerprint density at radius 1 is 1.21 bits per heavy atom. The normalized spacial score (nSPS) is 15.0. The van der Waals surface area contributed by atoms with Crippen molar-refractivity contribution >= 4 is 51.9 Å². The van der Waals surface area contributed by atoms with E-state index in [0.717, 1.165) is 17.3 Å². The first-order valence-corrected chi connectivity index (χ1v) is 9.70. The molecule has 1 aliphatic heterocycles. The average molecular weight is 431 g/mol. The molecule has 1 fully saturated rings. The zero-order valence-corrected chi connectivity index (χ0v) is 17.3. The number of nitrogens with zero attached hydrogens (tertiary/aromatic N) is 1. The van der Waals surface area contributed by atoms with E-state index in [9.17, 15) is 14.7 Å². The van der Waals surface area contributed by atoms with Crippen molar-refractivity contribution in [2.45, 2.75) is 0 Å². The molecule has 0 atom stereocenters. The molecule has 0 radical (unpaired) electrons. The Balaban J connectivity index is 1.72. The van der Waals surface area contributed by atoms with Gasteiger partial charge in [0.25, 0.3) is 5.91 Å². The van der Waals surface area contributed by atoms with Crippen molar-refractivity contribution in [1.82, 2.24) is 4.90 Å². The van der Waals surface area contributed by atoms with Crippen LogP contribution in [0.1, 0.15) is 5.56 Å². The molecule has 1 saturated heterocycles. The van der Waals surface area contributed by atoms with Crippen LogP contribution >= 0.6 is 24.0 Å². The van der Waals surface area contributed by atoms with Crippen molar-refractivity contribution < 1.29 is 24.2 Å². The molecule has 0 saturated carbocycles. The number of hydrogen-bond donors (Lipinski definition) is 2. The third kappa shape index (κ3) is 4.87. The van der Waals surface area contributed by atoms with E-state index < -0.39 is 5.91 Å². The number of phenols is 1. The summed E-state index contributed by atoms with van der Waals surface area (Å²) in [6.07, 6.45) is 1.69. The van der Waals surface area contributed by atoms with Crippen molar-refractivity contribution in [2.75, 3.05) is 26.1 Å². The maximum Gasteiger partial charge on any atom is 0.266 e. The molecular weight excluding hydrogens is 412 g/mol. The van der Waals surface area contributed by atoms with Crippen LogP contribution in [-0.4, -0.2) is 46.9 Å². The molecule has 1 heterocycles. The van der Waals surface area contributed by atoms with Crippen LogP contribution in [0.5, 0.6) is 17.2 Å². The lowest BCUT2D eigenvalue weighted by atomic mass is 10.2. The predicted octanol–water partition coefficient (Wildman–Crippen LogP) is 3.25. The number of carbonyl (C=O) groups is 2. The van der Waals surface area contributed by atoms with Gasteiger partial charge in [-0.3, -0.25) is 14.5 Å². The number of rotatable bonds is 6. The number of amides is 2. The largest absolute Gasteiger partial charge is 0.508 e. The summed E-state index contributed by atoms with van der Waals surface area (Å²) in [5.74, 6) is 0.398. The number of ether oxygens (including phenoxy) is 2. The fraction of sp³-hybridized carbons (Fsp3) is 0.150. The summed E-state index contributed by atoms with van der Waals surface area (Å²) < 4.78 is 10.8. The van der Waals surface area contributed by atoms with Crippen molar-refractivity contribution in [3.05, 3.63) is 52.9 Å². The Kier molecular flexibility index (Phi) is 6.40. The smallest absolute Gasteiger partial charge is 0.266 e. The first kappa shape index (κ1) is 20.7. The van der Waals surface area contributed by atoms with E-state index >= 15 is 0 Å². The van der Waals surface area contributed by atoms with Gasteiger partial charge in [0.1, 0.15) is 16.6 Å². The van der Waals surface area contributed by atoms with Crippen LogP contribution in [0, 0.1) is 0 Å². The molecule has 9 heteroatoms. The molecule has 2 aromatic carbocycles. The van der Waals surface area contributed by atoms with E-state index in [2.05, 4.69) is 5.32 Å². The van der Waals surface area contributed by atoms with Gasteiger partial charge in [-0.25, -0.2) is 0 Å². The Labute approximate surface area is 177 Å². The number of carbonyl (C=O) groups excluding carboxylic acids is 2. The molecule has 0 unspecified atom stereocenters. The third-order valence-electron chi connectivity index (χ3n) is 4.01. The molecule has 0 spiro atoms.